The summed E-state index contributed by atoms with van der Waals surface area (Å²) < 4.78 is 0. The number of aliphatic imine (C=N–C) groups is 1. The van der Waals surface area contributed by atoms with Crippen LogP contribution in [0.15, 0.2) is 35.6 Å². The molecular formula is C18H26IN7O. The molecule has 1 aliphatic rings. The minimum Gasteiger partial charge on any atom is -0.357 e. The number of carbonyl (C=O) groups is 1. The Morgan fingerprint density at radius 3 is 2.81 bits per heavy atom. The molecule has 0 bridgehead atoms. The lowest BCUT2D eigenvalue weighted by Crippen LogP contribution is -2.44. The maximum absolute atomic E-state index is 12.2. The number of aromatic amines is 1. The van der Waals surface area contributed by atoms with Gasteiger partial charge in [0.2, 0.25) is 5.91 Å². The van der Waals surface area contributed by atoms with Gasteiger partial charge in [0.15, 0.2) is 11.8 Å². The molecule has 0 spiro atoms. The first-order valence-electron chi connectivity index (χ1n) is 9.01. The molecule has 27 heavy (non-hydrogen) atoms. The Morgan fingerprint density at radius 1 is 1.30 bits per heavy atom. The fourth-order valence-corrected chi connectivity index (χ4v) is 2.91. The maximum Gasteiger partial charge on any atom is 0.241 e. The zero-order chi connectivity index (χ0) is 18.2. The number of nitrogens with zero attached hydrogens (tertiary/aromatic N) is 4. The van der Waals surface area contributed by atoms with E-state index < -0.39 is 0 Å². The lowest BCUT2D eigenvalue weighted by molar-refractivity contribution is -0.128. The number of halogens is 1. The second-order valence-corrected chi connectivity index (χ2v) is 6.17. The van der Waals surface area contributed by atoms with Crippen LogP contribution in [0.4, 0.5) is 0 Å². The molecule has 2 heterocycles. The number of H-pyrrole nitrogens is 1. The number of hydrogen-bond acceptors (Lipinski definition) is 4. The predicted octanol–water partition coefficient (Wildman–Crippen LogP) is 1.77. The SMILES string of the molecule is CCNC(=NCc1cccc(-c2ncn[nH]2)c1)NCC(=O)N1CCCC1.I. The van der Waals surface area contributed by atoms with Crippen LogP contribution in [0.2, 0.25) is 0 Å². The molecule has 1 saturated heterocycles. The average molecular weight is 483 g/mol. The summed E-state index contributed by atoms with van der Waals surface area (Å²) >= 11 is 0. The van der Waals surface area contributed by atoms with E-state index in [2.05, 4.69) is 30.8 Å². The molecule has 0 aliphatic carbocycles. The van der Waals surface area contributed by atoms with E-state index in [1.807, 2.05) is 36.1 Å². The summed E-state index contributed by atoms with van der Waals surface area (Å²) in [4.78, 5) is 22.8. The zero-order valence-electron chi connectivity index (χ0n) is 15.4. The third-order valence-corrected chi connectivity index (χ3v) is 4.25. The van der Waals surface area contributed by atoms with Crippen molar-refractivity contribution in [1.29, 1.82) is 0 Å². The Balaban J connectivity index is 0.00000261. The van der Waals surface area contributed by atoms with Gasteiger partial charge in [-0.3, -0.25) is 9.89 Å². The number of carbonyl (C=O) groups excluding carboxylic acids is 1. The molecule has 2 aromatic rings. The first-order valence-corrected chi connectivity index (χ1v) is 9.01. The van der Waals surface area contributed by atoms with Crippen LogP contribution < -0.4 is 10.6 Å². The van der Waals surface area contributed by atoms with Gasteiger partial charge in [0.1, 0.15) is 6.33 Å². The fraction of sp³-hybridized carbons (Fsp3) is 0.444. The van der Waals surface area contributed by atoms with Gasteiger partial charge in [-0.2, -0.15) is 5.10 Å². The second kappa shape index (κ2) is 10.9. The van der Waals surface area contributed by atoms with Crippen molar-refractivity contribution in [3.05, 3.63) is 36.2 Å². The number of rotatable bonds is 6. The molecule has 1 aliphatic heterocycles. The molecule has 8 nitrogen and oxygen atoms in total. The van der Waals surface area contributed by atoms with E-state index >= 15 is 0 Å². The standard InChI is InChI=1S/C18H25N7O.HI/c1-2-19-18(21-12-16(26)25-8-3-4-9-25)20-11-14-6-5-7-15(10-14)17-22-13-23-24-17;/h5-7,10,13H,2-4,8-9,11-12H2,1H3,(H2,19,20,21)(H,22,23,24);1H. The zero-order valence-corrected chi connectivity index (χ0v) is 17.8. The number of nitrogens with one attached hydrogen (secondary N) is 3. The van der Waals surface area contributed by atoms with Gasteiger partial charge in [-0.15, -0.1) is 24.0 Å². The largest absolute Gasteiger partial charge is 0.357 e. The molecule has 0 atom stereocenters. The van der Waals surface area contributed by atoms with Crippen molar-refractivity contribution in [3.8, 4) is 11.4 Å². The Kier molecular flexibility index (Phi) is 8.49. The van der Waals surface area contributed by atoms with E-state index in [0.717, 1.165) is 49.4 Å². The molecule has 1 fully saturated rings. The van der Waals surface area contributed by atoms with Gasteiger partial charge in [-0.25, -0.2) is 9.98 Å². The van der Waals surface area contributed by atoms with Gasteiger partial charge in [0.25, 0.3) is 0 Å². The highest BCUT2D eigenvalue weighted by Crippen LogP contribution is 2.15. The van der Waals surface area contributed by atoms with Crippen LogP contribution in [0.25, 0.3) is 11.4 Å². The minimum atomic E-state index is 0. The first kappa shape index (κ1) is 21.1. The number of amides is 1. The van der Waals surface area contributed by atoms with Gasteiger partial charge in [0, 0.05) is 25.2 Å². The van der Waals surface area contributed by atoms with Crippen molar-refractivity contribution in [3.63, 3.8) is 0 Å². The molecule has 146 valence electrons. The molecule has 1 aromatic heterocycles. The van der Waals surface area contributed by atoms with Crippen molar-refractivity contribution in [2.24, 2.45) is 4.99 Å². The summed E-state index contributed by atoms with van der Waals surface area (Å²) in [7, 11) is 0. The van der Waals surface area contributed by atoms with Gasteiger partial charge >= 0.3 is 0 Å². The van der Waals surface area contributed by atoms with Crippen LogP contribution in [0.1, 0.15) is 25.3 Å². The van der Waals surface area contributed by atoms with Crippen LogP contribution in [0, 0.1) is 0 Å². The molecule has 0 saturated carbocycles. The Hall–Kier alpha value is -2.17. The fourth-order valence-electron chi connectivity index (χ4n) is 2.91. The smallest absolute Gasteiger partial charge is 0.241 e. The van der Waals surface area contributed by atoms with Crippen LogP contribution in [0.3, 0.4) is 0 Å². The lowest BCUT2D eigenvalue weighted by atomic mass is 10.1. The molecule has 0 radical (unpaired) electrons. The van der Waals surface area contributed by atoms with Gasteiger partial charge in [-0.1, -0.05) is 18.2 Å². The molecular weight excluding hydrogens is 457 g/mol. The highest BCUT2D eigenvalue weighted by molar-refractivity contribution is 14.0. The number of hydrogen-bond donors (Lipinski definition) is 3. The first-order chi connectivity index (χ1) is 12.8. The van der Waals surface area contributed by atoms with Crippen molar-refractivity contribution in [2.75, 3.05) is 26.2 Å². The topological polar surface area (TPSA) is 98.3 Å². The van der Waals surface area contributed by atoms with Crippen molar-refractivity contribution >= 4 is 35.8 Å². The van der Waals surface area contributed by atoms with E-state index in [-0.39, 0.29) is 36.4 Å². The summed E-state index contributed by atoms with van der Waals surface area (Å²) in [5.74, 6) is 1.50. The minimum absolute atomic E-state index is 0. The second-order valence-electron chi connectivity index (χ2n) is 6.17. The molecule has 1 aromatic carbocycles. The Morgan fingerprint density at radius 2 is 2.11 bits per heavy atom. The van der Waals surface area contributed by atoms with E-state index in [1.54, 1.807) is 0 Å². The van der Waals surface area contributed by atoms with E-state index in [9.17, 15) is 4.79 Å². The van der Waals surface area contributed by atoms with Gasteiger partial charge in [0.05, 0.1) is 13.1 Å². The Bertz CT molecular complexity index is 742. The average Bonchev–Trinajstić information content (AvgIpc) is 3.38. The molecule has 3 rings (SSSR count). The summed E-state index contributed by atoms with van der Waals surface area (Å²) in [5.41, 5.74) is 2.03. The van der Waals surface area contributed by atoms with E-state index in [0.29, 0.717) is 12.5 Å². The highest BCUT2D eigenvalue weighted by atomic mass is 127. The van der Waals surface area contributed by atoms with Crippen LogP contribution in [0.5, 0.6) is 0 Å². The predicted molar refractivity (Wildman–Crippen MR) is 116 cm³/mol. The summed E-state index contributed by atoms with van der Waals surface area (Å²) in [6.45, 7) is 5.25. The Labute approximate surface area is 176 Å². The van der Waals surface area contributed by atoms with E-state index in [1.165, 1.54) is 6.33 Å². The molecule has 1 amide bonds. The lowest BCUT2D eigenvalue weighted by Gasteiger charge is -2.17. The molecule has 3 N–H and O–H groups in total. The summed E-state index contributed by atoms with van der Waals surface area (Å²) in [5, 5.41) is 13.1. The highest BCUT2D eigenvalue weighted by Gasteiger charge is 2.17. The van der Waals surface area contributed by atoms with Gasteiger partial charge in [-0.05, 0) is 31.4 Å². The van der Waals surface area contributed by atoms with E-state index in [4.69, 9.17) is 0 Å². The summed E-state index contributed by atoms with van der Waals surface area (Å²) in [6.07, 6.45) is 3.69. The van der Waals surface area contributed by atoms with Crippen LogP contribution in [-0.2, 0) is 11.3 Å². The number of benzene rings is 1. The van der Waals surface area contributed by atoms with Crippen LogP contribution >= 0.6 is 24.0 Å². The molecule has 0 unspecified atom stereocenters. The third-order valence-electron chi connectivity index (χ3n) is 4.25. The normalized spacial score (nSPS) is 14.0. The number of likely N-dealkylation sites (tertiary alicyclic amines) is 1. The third kappa shape index (κ3) is 6.19. The van der Waals surface area contributed by atoms with Crippen LogP contribution in [-0.4, -0.2) is 58.1 Å². The number of guanidine groups is 1. The van der Waals surface area contributed by atoms with Crippen molar-refractivity contribution in [2.45, 2.75) is 26.3 Å². The molecule has 9 heteroatoms. The number of aromatic nitrogens is 3. The van der Waals surface area contributed by atoms with Crippen molar-refractivity contribution in [1.82, 2.24) is 30.7 Å². The maximum atomic E-state index is 12.2. The quantitative estimate of drug-likeness (QED) is 0.331. The monoisotopic (exact) mass is 483 g/mol. The van der Waals surface area contributed by atoms with Crippen molar-refractivity contribution < 1.29 is 4.79 Å². The summed E-state index contributed by atoms with van der Waals surface area (Å²) in [6, 6.07) is 8.00. The van der Waals surface area contributed by atoms with Gasteiger partial charge < -0.3 is 15.5 Å².